The molecule has 1 atom stereocenters. The first-order chi connectivity index (χ1) is 12.5. The highest BCUT2D eigenvalue weighted by molar-refractivity contribution is 6.02. The van der Waals surface area contributed by atoms with Gasteiger partial charge in [-0.05, 0) is 35.7 Å². The van der Waals surface area contributed by atoms with Crippen molar-refractivity contribution in [3.05, 3.63) is 53.6 Å². The molecule has 8 heteroatoms. The normalized spacial score (nSPS) is 12.3. The van der Waals surface area contributed by atoms with Crippen molar-refractivity contribution in [3.8, 4) is 11.5 Å². The molecule has 0 aliphatic carbocycles. The molecule has 0 bridgehead atoms. The Kier molecular flexibility index (Phi) is 5.68. The Bertz CT molecular complexity index is 878. The number of aromatic hydroxyl groups is 2. The molecule has 0 spiro atoms. The number of anilines is 1. The molecular weight excluding hydrogens is 358 g/mol. The SMILES string of the molecule is CC(C)(C)[C@@H](NC(=O)c1cc(O)ccc1F)C(=O)Nc1ccc(F)cc1O. The van der Waals surface area contributed by atoms with E-state index in [4.69, 9.17) is 0 Å². The van der Waals surface area contributed by atoms with Crippen LogP contribution in [0.15, 0.2) is 36.4 Å². The van der Waals surface area contributed by atoms with Crippen LogP contribution in [-0.2, 0) is 4.79 Å². The zero-order valence-corrected chi connectivity index (χ0v) is 15.0. The van der Waals surface area contributed by atoms with E-state index in [-0.39, 0.29) is 11.4 Å². The van der Waals surface area contributed by atoms with Gasteiger partial charge in [-0.2, -0.15) is 0 Å². The summed E-state index contributed by atoms with van der Waals surface area (Å²) < 4.78 is 26.9. The van der Waals surface area contributed by atoms with E-state index in [1.165, 1.54) is 6.07 Å². The summed E-state index contributed by atoms with van der Waals surface area (Å²) in [5.41, 5.74) is -1.22. The molecular formula is C19H20F2N2O4. The summed E-state index contributed by atoms with van der Waals surface area (Å²) in [7, 11) is 0. The lowest BCUT2D eigenvalue weighted by molar-refractivity contribution is -0.120. The zero-order chi connectivity index (χ0) is 20.4. The number of hydrogen-bond acceptors (Lipinski definition) is 4. The molecule has 0 fully saturated rings. The zero-order valence-electron chi connectivity index (χ0n) is 15.0. The quantitative estimate of drug-likeness (QED) is 0.614. The average Bonchev–Trinajstić information content (AvgIpc) is 2.56. The molecule has 6 nitrogen and oxygen atoms in total. The highest BCUT2D eigenvalue weighted by atomic mass is 19.1. The van der Waals surface area contributed by atoms with Crippen molar-refractivity contribution in [1.29, 1.82) is 0 Å². The van der Waals surface area contributed by atoms with Crippen LogP contribution in [-0.4, -0.2) is 28.1 Å². The van der Waals surface area contributed by atoms with Crippen LogP contribution < -0.4 is 10.6 Å². The van der Waals surface area contributed by atoms with E-state index in [2.05, 4.69) is 10.6 Å². The molecule has 2 rings (SSSR count). The van der Waals surface area contributed by atoms with Gasteiger partial charge in [-0.1, -0.05) is 20.8 Å². The van der Waals surface area contributed by atoms with Gasteiger partial charge in [0.25, 0.3) is 5.91 Å². The molecule has 0 aliphatic heterocycles. The predicted molar refractivity (Wildman–Crippen MR) is 95.5 cm³/mol. The van der Waals surface area contributed by atoms with Crippen molar-refractivity contribution in [2.24, 2.45) is 5.41 Å². The first-order valence-electron chi connectivity index (χ1n) is 8.08. The van der Waals surface area contributed by atoms with Crippen LogP contribution in [0.5, 0.6) is 11.5 Å². The molecule has 2 amide bonds. The van der Waals surface area contributed by atoms with Gasteiger partial charge in [-0.3, -0.25) is 9.59 Å². The predicted octanol–water partition coefficient (Wildman–Crippen LogP) is 3.16. The molecule has 27 heavy (non-hydrogen) atoms. The fourth-order valence-electron chi connectivity index (χ4n) is 2.39. The van der Waals surface area contributed by atoms with Gasteiger partial charge < -0.3 is 20.8 Å². The number of hydrogen-bond donors (Lipinski definition) is 4. The molecule has 0 radical (unpaired) electrons. The molecule has 0 aromatic heterocycles. The summed E-state index contributed by atoms with van der Waals surface area (Å²) in [6.45, 7) is 5.04. The minimum Gasteiger partial charge on any atom is -0.508 e. The maximum atomic E-state index is 13.9. The van der Waals surface area contributed by atoms with Crippen LogP contribution in [0, 0.1) is 17.0 Å². The van der Waals surface area contributed by atoms with Gasteiger partial charge in [-0.25, -0.2) is 8.78 Å². The monoisotopic (exact) mass is 378 g/mol. The number of phenolic OH excluding ortho intramolecular Hbond substituents is 2. The number of benzene rings is 2. The summed E-state index contributed by atoms with van der Waals surface area (Å²) in [4.78, 5) is 25.0. The molecule has 2 aromatic carbocycles. The van der Waals surface area contributed by atoms with Crippen LogP contribution in [0.1, 0.15) is 31.1 Å². The molecule has 0 aliphatic rings. The van der Waals surface area contributed by atoms with E-state index in [9.17, 15) is 28.6 Å². The van der Waals surface area contributed by atoms with Crippen molar-refractivity contribution in [2.45, 2.75) is 26.8 Å². The van der Waals surface area contributed by atoms with Crippen molar-refractivity contribution < 1.29 is 28.6 Å². The lowest BCUT2D eigenvalue weighted by atomic mass is 9.85. The van der Waals surface area contributed by atoms with Gasteiger partial charge in [0.05, 0.1) is 11.3 Å². The Hall–Kier alpha value is -3.16. The van der Waals surface area contributed by atoms with E-state index in [1.54, 1.807) is 20.8 Å². The van der Waals surface area contributed by atoms with Gasteiger partial charge in [0.15, 0.2) is 0 Å². The molecule has 0 saturated heterocycles. The summed E-state index contributed by atoms with van der Waals surface area (Å²) in [6.07, 6.45) is 0. The Morgan fingerprint density at radius 3 is 2.30 bits per heavy atom. The molecule has 0 heterocycles. The fraction of sp³-hybridized carbons (Fsp3) is 0.263. The van der Waals surface area contributed by atoms with Gasteiger partial charge in [0.1, 0.15) is 29.2 Å². The van der Waals surface area contributed by atoms with Crippen molar-refractivity contribution in [2.75, 3.05) is 5.32 Å². The third kappa shape index (κ3) is 4.93. The summed E-state index contributed by atoms with van der Waals surface area (Å²) in [6, 6.07) is 4.94. The number of halogens is 2. The number of amides is 2. The number of carbonyl (C=O) groups is 2. The van der Waals surface area contributed by atoms with Gasteiger partial charge in [-0.15, -0.1) is 0 Å². The summed E-state index contributed by atoms with van der Waals surface area (Å²) in [5.74, 6) is -3.86. The van der Waals surface area contributed by atoms with E-state index in [0.717, 1.165) is 30.3 Å². The summed E-state index contributed by atoms with van der Waals surface area (Å²) in [5, 5.41) is 24.0. The first-order valence-corrected chi connectivity index (χ1v) is 8.08. The number of carbonyl (C=O) groups excluding carboxylic acids is 2. The van der Waals surface area contributed by atoms with Crippen LogP contribution in [0.4, 0.5) is 14.5 Å². The lowest BCUT2D eigenvalue weighted by Gasteiger charge is -2.30. The van der Waals surface area contributed by atoms with Crippen LogP contribution in [0.25, 0.3) is 0 Å². The smallest absolute Gasteiger partial charge is 0.255 e. The van der Waals surface area contributed by atoms with Crippen LogP contribution in [0.3, 0.4) is 0 Å². The average molecular weight is 378 g/mol. The second kappa shape index (κ2) is 7.61. The van der Waals surface area contributed by atoms with Crippen molar-refractivity contribution >= 4 is 17.5 Å². The van der Waals surface area contributed by atoms with Gasteiger partial charge >= 0.3 is 0 Å². The standard InChI is InChI=1S/C19H20F2N2O4/c1-19(2,3)16(18(27)22-14-7-4-10(20)8-15(14)25)23-17(26)12-9-11(24)5-6-13(12)21/h4-9,16,24-25H,1-3H3,(H,22,27)(H,23,26)/t16-/m0/s1. The maximum absolute atomic E-state index is 13.9. The highest BCUT2D eigenvalue weighted by Gasteiger charge is 2.34. The van der Waals surface area contributed by atoms with Gasteiger partial charge in [0, 0.05) is 6.07 Å². The van der Waals surface area contributed by atoms with E-state index < -0.39 is 46.2 Å². The molecule has 0 saturated carbocycles. The lowest BCUT2D eigenvalue weighted by Crippen LogP contribution is -2.51. The molecule has 144 valence electrons. The Morgan fingerprint density at radius 2 is 1.70 bits per heavy atom. The largest absolute Gasteiger partial charge is 0.508 e. The summed E-state index contributed by atoms with van der Waals surface area (Å²) >= 11 is 0. The first kappa shape index (κ1) is 20.2. The second-order valence-corrected chi connectivity index (χ2v) is 7.09. The molecule has 4 N–H and O–H groups in total. The molecule has 0 unspecified atom stereocenters. The minimum absolute atomic E-state index is 0.0339. The minimum atomic E-state index is -1.11. The van der Waals surface area contributed by atoms with Crippen LogP contribution in [0.2, 0.25) is 0 Å². The highest BCUT2D eigenvalue weighted by Crippen LogP contribution is 2.26. The number of rotatable bonds is 4. The number of nitrogens with one attached hydrogen (secondary N) is 2. The Morgan fingerprint density at radius 1 is 1.04 bits per heavy atom. The second-order valence-electron chi connectivity index (χ2n) is 7.09. The Balaban J connectivity index is 2.26. The maximum Gasteiger partial charge on any atom is 0.255 e. The fourth-order valence-corrected chi connectivity index (χ4v) is 2.39. The molecule has 2 aromatic rings. The van der Waals surface area contributed by atoms with E-state index >= 15 is 0 Å². The topological polar surface area (TPSA) is 98.7 Å². The van der Waals surface area contributed by atoms with Crippen molar-refractivity contribution in [1.82, 2.24) is 5.32 Å². The Labute approximate surface area is 154 Å². The van der Waals surface area contributed by atoms with E-state index in [1.807, 2.05) is 0 Å². The van der Waals surface area contributed by atoms with Crippen molar-refractivity contribution in [3.63, 3.8) is 0 Å². The van der Waals surface area contributed by atoms with Gasteiger partial charge in [0.2, 0.25) is 5.91 Å². The third-order valence-electron chi connectivity index (χ3n) is 3.82. The third-order valence-corrected chi connectivity index (χ3v) is 3.82. The number of phenols is 2. The van der Waals surface area contributed by atoms with Crippen LogP contribution >= 0.6 is 0 Å². The van der Waals surface area contributed by atoms with E-state index in [0.29, 0.717) is 0 Å².